The highest BCUT2D eigenvalue weighted by Gasteiger charge is 2.44. The van der Waals surface area contributed by atoms with E-state index in [0.29, 0.717) is 37.9 Å². The van der Waals surface area contributed by atoms with Crippen molar-refractivity contribution < 1.29 is 59.6 Å². The quantitative estimate of drug-likeness (QED) is 0.0293. The summed E-state index contributed by atoms with van der Waals surface area (Å²) in [5.74, 6) is -0.934. The minimum absolute atomic E-state index is 0.0957. The van der Waals surface area contributed by atoms with Crippen molar-refractivity contribution in [1.82, 2.24) is 5.32 Å². The first kappa shape index (κ1) is 44.5. The first-order valence-electron chi connectivity index (χ1n) is 19.6. The molecular weight excluding hydrogens is 686 g/mol. The lowest BCUT2D eigenvalue weighted by Crippen LogP contribution is -2.59. The molecule has 2 saturated heterocycles. The predicted molar refractivity (Wildman–Crippen MR) is 197 cm³/mol. The molecule has 53 heavy (non-hydrogen) atoms. The van der Waals surface area contributed by atoms with Crippen LogP contribution in [-0.4, -0.2) is 109 Å². The average molecular weight is 750 g/mol. The van der Waals surface area contributed by atoms with Gasteiger partial charge in [0, 0.05) is 25.2 Å². The number of carbonyl (C=O) groups excluding carboxylic acids is 3. The number of rotatable bonds is 26. The molecule has 3 rings (SSSR count). The molecule has 0 spiro atoms. The maximum atomic E-state index is 12.9. The van der Waals surface area contributed by atoms with E-state index in [4.69, 9.17) is 9.47 Å². The van der Waals surface area contributed by atoms with Gasteiger partial charge in [-0.25, -0.2) is 0 Å². The van der Waals surface area contributed by atoms with Gasteiger partial charge in [-0.1, -0.05) is 89.7 Å². The molecule has 300 valence electrons. The molecule has 0 saturated carbocycles. The second-order valence-corrected chi connectivity index (χ2v) is 14.8. The van der Waals surface area contributed by atoms with Gasteiger partial charge in [0.15, 0.2) is 12.1 Å². The molecule has 1 aromatic rings. The summed E-state index contributed by atoms with van der Waals surface area (Å²) in [5, 5.41) is 72.0. The number of benzene rings is 1. The van der Waals surface area contributed by atoms with E-state index in [9.17, 15) is 50.1 Å². The highest BCUT2D eigenvalue weighted by atomic mass is 16.7. The van der Waals surface area contributed by atoms with Crippen LogP contribution in [0.15, 0.2) is 35.6 Å². The summed E-state index contributed by atoms with van der Waals surface area (Å²) < 4.78 is 10.7. The van der Waals surface area contributed by atoms with Gasteiger partial charge < -0.3 is 50.5 Å². The Morgan fingerprint density at radius 2 is 1.36 bits per heavy atom. The topological polar surface area (TPSA) is 223 Å². The number of Topliss-reactive ketones (excluding diaryl/α,β-unsaturated/α-hetero) is 2. The molecule has 13 heteroatoms. The van der Waals surface area contributed by atoms with E-state index in [-0.39, 0.29) is 29.6 Å². The summed E-state index contributed by atoms with van der Waals surface area (Å²) in [7, 11) is 0. The summed E-state index contributed by atoms with van der Waals surface area (Å²) in [6, 6.07) is 5.73. The number of phenolic OH excluding ortho intramolecular Hbond substituents is 1. The minimum Gasteiger partial charge on any atom is -0.511 e. The number of amides is 1. The maximum Gasteiger partial charge on any atom is 0.259 e. The lowest BCUT2D eigenvalue weighted by Gasteiger charge is -2.39. The Hall–Kier alpha value is -2.91. The van der Waals surface area contributed by atoms with Crippen molar-refractivity contribution in [3.8, 4) is 5.75 Å². The fourth-order valence-electron chi connectivity index (χ4n) is 6.90. The summed E-state index contributed by atoms with van der Waals surface area (Å²) in [6.45, 7) is 1.20. The summed E-state index contributed by atoms with van der Waals surface area (Å²) in [5.41, 5.74) is 0.663. The molecule has 8 N–H and O–H groups in total. The molecule has 13 nitrogen and oxygen atoms in total. The Labute approximate surface area is 313 Å². The standard InChI is InChI=1S/C40H63NO12/c1-26(34(46)33-35(47)31(41-39(33)51)23-27-19-21-29(44)22-20-27)15-11-7-5-6-9-13-17-28(43)16-12-8-3-2-4-10-14-18-30(45)25-52-40-38(50)37(49)36(48)32(24-42)53-40/h19-22,26,30-32,36-38,40,42,44-46,48-50H,2-18,23-25H2,1H3,(H,41,51)/t26-,30+,31-,32+,36+,37-,38+,40+/m0/s1. The minimum atomic E-state index is -1.51. The van der Waals surface area contributed by atoms with Crippen LogP contribution in [0.3, 0.4) is 0 Å². The molecule has 0 radical (unpaired) electrons. The number of ether oxygens (including phenoxy) is 2. The van der Waals surface area contributed by atoms with E-state index in [1.54, 1.807) is 12.1 Å². The van der Waals surface area contributed by atoms with Crippen LogP contribution < -0.4 is 5.32 Å². The van der Waals surface area contributed by atoms with Crippen molar-refractivity contribution in [2.45, 2.75) is 165 Å². The van der Waals surface area contributed by atoms with E-state index >= 15 is 0 Å². The lowest BCUT2D eigenvalue weighted by atomic mass is 9.94. The second kappa shape index (κ2) is 23.8. The zero-order valence-electron chi connectivity index (χ0n) is 31.2. The van der Waals surface area contributed by atoms with Crippen LogP contribution in [0.4, 0.5) is 0 Å². The molecule has 1 amide bonds. The molecule has 2 heterocycles. The molecule has 8 atom stereocenters. The lowest BCUT2D eigenvalue weighted by molar-refractivity contribution is -0.304. The number of ketones is 2. The first-order valence-corrected chi connectivity index (χ1v) is 19.6. The number of phenols is 1. The normalized spacial score (nSPS) is 25.3. The molecule has 0 unspecified atom stereocenters. The number of carbonyl (C=O) groups is 3. The molecule has 2 aliphatic heterocycles. The van der Waals surface area contributed by atoms with Crippen LogP contribution in [0, 0.1) is 5.92 Å². The Bertz CT molecular complexity index is 1280. The average Bonchev–Trinajstić information content (AvgIpc) is 3.42. The Morgan fingerprint density at radius 3 is 1.94 bits per heavy atom. The van der Waals surface area contributed by atoms with Gasteiger partial charge in [-0.15, -0.1) is 0 Å². The summed E-state index contributed by atoms with van der Waals surface area (Å²) in [4.78, 5) is 37.7. The van der Waals surface area contributed by atoms with Crippen LogP contribution in [0.1, 0.15) is 122 Å². The highest BCUT2D eigenvalue weighted by molar-refractivity contribution is 6.27. The number of aromatic hydroxyl groups is 1. The number of nitrogens with one attached hydrogen (secondary N) is 1. The maximum absolute atomic E-state index is 12.9. The molecular formula is C40H63NO12. The number of aliphatic hydroxyl groups is 6. The van der Waals surface area contributed by atoms with Gasteiger partial charge in [-0.3, -0.25) is 14.4 Å². The van der Waals surface area contributed by atoms with Crippen LogP contribution in [0.25, 0.3) is 0 Å². The molecule has 0 aliphatic carbocycles. The Balaban J connectivity index is 1.12. The largest absolute Gasteiger partial charge is 0.511 e. The third-order valence-electron chi connectivity index (χ3n) is 10.3. The number of allylic oxidation sites excluding steroid dienone is 1. The number of hydrogen-bond donors (Lipinski definition) is 8. The summed E-state index contributed by atoms with van der Waals surface area (Å²) in [6.07, 6.45) is 7.90. The van der Waals surface area contributed by atoms with E-state index in [1.165, 1.54) is 12.1 Å². The van der Waals surface area contributed by atoms with Gasteiger partial charge in [0.25, 0.3) is 5.91 Å². The van der Waals surface area contributed by atoms with Gasteiger partial charge in [-0.2, -0.15) is 0 Å². The third-order valence-corrected chi connectivity index (χ3v) is 10.3. The van der Waals surface area contributed by atoms with E-state index in [2.05, 4.69) is 5.32 Å². The molecule has 0 aromatic heterocycles. The van der Waals surface area contributed by atoms with E-state index in [1.807, 2.05) is 6.92 Å². The van der Waals surface area contributed by atoms with Crippen LogP contribution >= 0.6 is 0 Å². The third kappa shape index (κ3) is 15.0. The predicted octanol–water partition coefficient (Wildman–Crippen LogP) is 3.83. The van der Waals surface area contributed by atoms with Crippen molar-refractivity contribution in [2.24, 2.45) is 5.92 Å². The first-order chi connectivity index (χ1) is 25.4. The molecule has 2 aliphatic rings. The van der Waals surface area contributed by atoms with Crippen molar-refractivity contribution in [2.75, 3.05) is 13.2 Å². The van der Waals surface area contributed by atoms with Gasteiger partial charge in [0.05, 0.1) is 25.4 Å². The Kier molecular flexibility index (Phi) is 20.0. The monoisotopic (exact) mass is 749 g/mol. The zero-order chi connectivity index (χ0) is 38.8. The van der Waals surface area contributed by atoms with Crippen LogP contribution in [0.5, 0.6) is 5.75 Å². The molecule has 0 bridgehead atoms. The molecule has 1 aromatic carbocycles. The van der Waals surface area contributed by atoms with Gasteiger partial charge in [0.2, 0.25) is 0 Å². The second-order valence-electron chi connectivity index (χ2n) is 14.8. The fourth-order valence-corrected chi connectivity index (χ4v) is 6.90. The van der Waals surface area contributed by atoms with Crippen LogP contribution in [-0.2, 0) is 30.3 Å². The zero-order valence-corrected chi connectivity index (χ0v) is 31.2. The SMILES string of the molecule is C[C@@H](CCCCCCCCC(=O)CCCCCCCCC[C@@H](O)CO[C@@H]1O[C@H](CO)[C@@H](O)[C@H](O)[C@H]1O)C(O)=C1C(=O)N[C@@H](Cc2ccc(O)cc2)C1=O. The Morgan fingerprint density at radius 1 is 0.811 bits per heavy atom. The van der Waals surface area contributed by atoms with Crippen molar-refractivity contribution in [3.05, 3.63) is 41.2 Å². The fraction of sp³-hybridized carbons (Fsp3) is 0.725. The number of aliphatic hydroxyl groups excluding tert-OH is 6. The van der Waals surface area contributed by atoms with Gasteiger partial charge in [0.1, 0.15) is 47.3 Å². The van der Waals surface area contributed by atoms with Crippen molar-refractivity contribution >= 4 is 17.5 Å². The summed E-state index contributed by atoms with van der Waals surface area (Å²) >= 11 is 0. The molecule has 2 fully saturated rings. The number of unbranched alkanes of at least 4 members (excludes halogenated alkanes) is 11. The smallest absolute Gasteiger partial charge is 0.259 e. The van der Waals surface area contributed by atoms with E-state index < -0.39 is 61.1 Å². The highest BCUT2D eigenvalue weighted by Crippen LogP contribution is 2.26. The van der Waals surface area contributed by atoms with E-state index in [0.717, 1.165) is 89.0 Å². The van der Waals surface area contributed by atoms with Crippen molar-refractivity contribution in [3.63, 3.8) is 0 Å². The number of hydrogen-bond acceptors (Lipinski definition) is 12. The van der Waals surface area contributed by atoms with Gasteiger partial charge in [-0.05, 0) is 43.4 Å². The van der Waals surface area contributed by atoms with Crippen molar-refractivity contribution in [1.29, 1.82) is 0 Å². The van der Waals surface area contributed by atoms with Gasteiger partial charge >= 0.3 is 0 Å². The van der Waals surface area contributed by atoms with Crippen LogP contribution in [0.2, 0.25) is 0 Å².